The molecule has 34 heavy (non-hydrogen) atoms. The maximum Gasteiger partial charge on any atom is 0.364 e. The molecule has 0 bridgehead atoms. The van der Waals surface area contributed by atoms with Crippen molar-refractivity contribution in [3.05, 3.63) is 0 Å². The molecule has 3 aliphatic heterocycles. The van der Waals surface area contributed by atoms with Gasteiger partial charge >= 0.3 is 5.97 Å². The Bertz CT molecular complexity index is 695. The summed E-state index contributed by atoms with van der Waals surface area (Å²) in [5, 5.41) is 98.5. The van der Waals surface area contributed by atoms with Crippen molar-refractivity contribution >= 4 is 5.97 Å². The van der Waals surface area contributed by atoms with Crippen molar-refractivity contribution in [3.63, 3.8) is 0 Å². The summed E-state index contributed by atoms with van der Waals surface area (Å²) in [6, 6.07) is 0. The summed E-state index contributed by atoms with van der Waals surface area (Å²) in [4.78, 5) is 11.4. The molecule has 198 valence electrons. The molecule has 0 aromatic rings. The molecule has 0 aromatic carbocycles. The number of rotatable bonds is 9. The Kier molecular flexibility index (Phi) is 8.81. The van der Waals surface area contributed by atoms with E-state index in [2.05, 4.69) is 0 Å². The summed E-state index contributed by atoms with van der Waals surface area (Å²) in [5.74, 6) is -4.77. The third kappa shape index (κ3) is 5.20. The van der Waals surface area contributed by atoms with Crippen molar-refractivity contribution in [1.82, 2.24) is 0 Å². The van der Waals surface area contributed by atoms with Gasteiger partial charge in [0, 0.05) is 6.42 Å². The van der Waals surface area contributed by atoms with Crippen LogP contribution < -0.4 is 0 Å². The maximum absolute atomic E-state index is 11.4. The predicted molar refractivity (Wildman–Crippen MR) is 100 cm³/mol. The lowest BCUT2D eigenvalue weighted by Crippen LogP contribution is -2.62. The Labute approximate surface area is 192 Å². The van der Waals surface area contributed by atoms with E-state index in [1.165, 1.54) is 0 Å². The van der Waals surface area contributed by atoms with Crippen LogP contribution in [0.5, 0.6) is 0 Å². The van der Waals surface area contributed by atoms with Crippen LogP contribution in [-0.4, -0.2) is 156 Å². The van der Waals surface area contributed by atoms with Crippen LogP contribution >= 0.6 is 0 Å². The minimum absolute atomic E-state index is 0.653. The number of carboxylic acids is 1. The Balaban J connectivity index is 1.78. The Morgan fingerprint density at radius 3 is 2.03 bits per heavy atom. The molecule has 3 heterocycles. The molecule has 0 unspecified atom stereocenters. The number of carbonyl (C=O) groups is 1. The van der Waals surface area contributed by atoms with Crippen molar-refractivity contribution in [2.24, 2.45) is 0 Å². The molecule has 10 N–H and O–H groups in total. The van der Waals surface area contributed by atoms with Gasteiger partial charge in [0.1, 0.15) is 54.9 Å². The number of hydrogen-bond donors (Lipinski definition) is 10. The molecule has 16 nitrogen and oxygen atoms in total. The molecule has 0 amide bonds. The Morgan fingerprint density at radius 1 is 0.912 bits per heavy atom. The molecule has 13 atom stereocenters. The summed E-state index contributed by atoms with van der Waals surface area (Å²) in [7, 11) is 0. The fourth-order valence-electron chi connectivity index (χ4n) is 4.04. The molecule has 0 spiro atoms. The van der Waals surface area contributed by atoms with E-state index < -0.39 is 112 Å². The van der Waals surface area contributed by atoms with Gasteiger partial charge in [0.2, 0.25) is 0 Å². The lowest BCUT2D eigenvalue weighted by molar-refractivity contribution is -0.328. The highest BCUT2D eigenvalue weighted by Gasteiger charge is 2.55. The van der Waals surface area contributed by atoms with Crippen molar-refractivity contribution in [2.75, 3.05) is 19.8 Å². The van der Waals surface area contributed by atoms with Crippen molar-refractivity contribution in [1.29, 1.82) is 0 Å². The topological polar surface area (TPSA) is 266 Å². The van der Waals surface area contributed by atoms with E-state index in [0.29, 0.717) is 0 Å². The molecular formula is C18H30O16. The smallest absolute Gasteiger partial charge is 0.364 e. The normalized spacial score (nSPS) is 48.2. The summed E-state index contributed by atoms with van der Waals surface area (Å²) in [6.07, 6.45) is -19.9. The van der Waals surface area contributed by atoms with E-state index in [1.807, 2.05) is 0 Å². The maximum atomic E-state index is 11.4. The van der Waals surface area contributed by atoms with Crippen molar-refractivity contribution in [3.8, 4) is 0 Å². The molecule has 3 fully saturated rings. The standard InChI is InChI=1S/C18H30O16/c19-2-6-10(24)12(26)15(30-6)33-14-11(25)7(3-20)31-16(14)32-8(4-21)13-9(23)5(22)1-18(29,34-13)17(27)28/h5-16,19-26,29H,1-4H2,(H,27,28)/t5-,6-,7-,8-,9-,10-,11-,12-,13-,14-,15+,16+,18-/m1/s1. The fraction of sp³-hybridized carbons (Fsp3) is 0.944. The largest absolute Gasteiger partial charge is 0.477 e. The average molecular weight is 502 g/mol. The van der Waals surface area contributed by atoms with Crippen molar-refractivity contribution in [2.45, 2.75) is 85.8 Å². The first kappa shape index (κ1) is 27.5. The van der Waals surface area contributed by atoms with Gasteiger partial charge < -0.3 is 74.7 Å². The first-order valence-electron chi connectivity index (χ1n) is 10.5. The third-order valence-electron chi connectivity index (χ3n) is 6.00. The monoisotopic (exact) mass is 502 g/mol. The molecule has 16 heteroatoms. The van der Waals surface area contributed by atoms with Gasteiger partial charge in [-0.05, 0) is 0 Å². The second-order valence-corrected chi connectivity index (χ2v) is 8.31. The van der Waals surface area contributed by atoms with Gasteiger partial charge in [0.25, 0.3) is 5.79 Å². The Morgan fingerprint density at radius 2 is 1.50 bits per heavy atom. The summed E-state index contributed by atoms with van der Waals surface area (Å²) in [5.41, 5.74) is 0. The zero-order chi connectivity index (χ0) is 25.4. The molecular weight excluding hydrogens is 472 g/mol. The lowest BCUT2D eigenvalue weighted by Gasteiger charge is -2.43. The van der Waals surface area contributed by atoms with Crippen LogP contribution in [0, 0.1) is 0 Å². The summed E-state index contributed by atoms with van der Waals surface area (Å²) < 4.78 is 26.6. The van der Waals surface area contributed by atoms with Gasteiger partial charge in [-0.1, -0.05) is 0 Å². The van der Waals surface area contributed by atoms with Crippen LogP contribution in [0.25, 0.3) is 0 Å². The summed E-state index contributed by atoms with van der Waals surface area (Å²) in [6.45, 7) is -2.33. The van der Waals surface area contributed by atoms with E-state index in [1.54, 1.807) is 0 Å². The molecule has 0 radical (unpaired) electrons. The van der Waals surface area contributed by atoms with Gasteiger partial charge in [-0.3, -0.25) is 0 Å². The fourth-order valence-corrected chi connectivity index (χ4v) is 4.04. The summed E-state index contributed by atoms with van der Waals surface area (Å²) >= 11 is 0. The number of carboxylic acid groups (broad SMARTS) is 1. The average Bonchev–Trinajstić information content (AvgIpc) is 3.25. The van der Waals surface area contributed by atoms with Crippen LogP contribution in [0.2, 0.25) is 0 Å². The minimum atomic E-state index is -2.91. The highest BCUT2D eigenvalue weighted by Crippen LogP contribution is 2.34. The SMILES string of the molecule is O=C(O)[C@@]1(O)C[C@@H](O)[C@@H](O)[C@@H]([C@@H](CO)O[C@@H]2O[C@H](CO)[C@@H](O)[C@H]2O[C@@H]2O[C@H](CO)[C@@H](O)[C@H]2O)O1. The molecule has 0 aromatic heterocycles. The lowest BCUT2D eigenvalue weighted by atomic mass is 9.92. The Hall–Kier alpha value is -1.09. The second kappa shape index (κ2) is 10.9. The number of aliphatic hydroxyl groups is 9. The van der Waals surface area contributed by atoms with Gasteiger partial charge in [-0.25, -0.2) is 4.79 Å². The van der Waals surface area contributed by atoms with E-state index >= 15 is 0 Å². The first-order valence-corrected chi connectivity index (χ1v) is 10.5. The van der Waals surface area contributed by atoms with Crippen LogP contribution in [0.15, 0.2) is 0 Å². The molecule has 3 rings (SSSR count). The zero-order valence-electron chi connectivity index (χ0n) is 17.7. The molecule has 3 saturated heterocycles. The molecule has 0 aliphatic carbocycles. The first-order chi connectivity index (χ1) is 16.0. The number of aliphatic carboxylic acids is 1. The van der Waals surface area contributed by atoms with Crippen molar-refractivity contribution < 1.29 is 79.5 Å². The predicted octanol–water partition coefficient (Wildman–Crippen LogP) is -6.45. The molecule has 3 aliphatic rings. The highest BCUT2D eigenvalue weighted by molar-refractivity contribution is 5.75. The van der Waals surface area contributed by atoms with E-state index in [0.717, 1.165) is 0 Å². The quantitative estimate of drug-likeness (QED) is 0.140. The van der Waals surface area contributed by atoms with E-state index in [-0.39, 0.29) is 0 Å². The number of hydrogen-bond acceptors (Lipinski definition) is 15. The number of ether oxygens (including phenoxy) is 5. The third-order valence-corrected chi connectivity index (χ3v) is 6.00. The van der Waals surface area contributed by atoms with Gasteiger partial charge in [-0.15, -0.1) is 0 Å². The van der Waals surface area contributed by atoms with E-state index in [9.17, 15) is 55.9 Å². The van der Waals surface area contributed by atoms with Crippen LogP contribution in [0.4, 0.5) is 0 Å². The van der Waals surface area contributed by atoms with Crippen LogP contribution in [0.1, 0.15) is 6.42 Å². The zero-order valence-corrected chi connectivity index (χ0v) is 17.7. The minimum Gasteiger partial charge on any atom is -0.477 e. The van der Waals surface area contributed by atoms with Gasteiger partial charge in [0.15, 0.2) is 12.6 Å². The molecule has 0 saturated carbocycles. The van der Waals surface area contributed by atoms with Crippen LogP contribution in [-0.2, 0) is 28.5 Å². The van der Waals surface area contributed by atoms with Gasteiger partial charge in [-0.2, -0.15) is 0 Å². The van der Waals surface area contributed by atoms with Gasteiger partial charge in [0.05, 0.1) is 25.9 Å². The highest BCUT2D eigenvalue weighted by atomic mass is 16.8. The second-order valence-electron chi connectivity index (χ2n) is 8.31. The van der Waals surface area contributed by atoms with Crippen LogP contribution in [0.3, 0.4) is 0 Å². The van der Waals surface area contributed by atoms with E-state index in [4.69, 9.17) is 23.7 Å². The number of aliphatic hydroxyl groups excluding tert-OH is 8.